The van der Waals surface area contributed by atoms with Crippen molar-refractivity contribution in [3.63, 3.8) is 0 Å². The minimum Gasteiger partial charge on any atom is -0.393 e. The molecule has 4 nitrogen and oxygen atoms in total. The van der Waals surface area contributed by atoms with Gasteiger partial charge in [-0.05, 0) is 31.4 Å². The summed E-state index contributed by atoms with van der Waals surface area (Å²) in [5.74, 6) is 0.645. The van der Waals surface area contributed by atoms with Crippen molar-refractivity contribution in [1.82, 2.24) is 15.3 Å². The van der Waals surface area contributed by atoms with E-state index in [0.29, 0.717) is 5.92 Å². The number of hydrogen-bond donors (Lipinski definition) is 2. The fourth-order valence-electron chi connectivity index (χ4n) is 1.69. The van der Waals surface area contributed by atoms with Crippen LogP contribution in [0.25, 0.3) is 0 Å². The molecule has 1 saturated carbocycles. The summed E-state index contributed by atoms with van der Waals surface area (Å²) >= 11 is 0. The highest BCUT2D eigenvalue weighted by atomic mass is 16.3. The fraction of sp³-hybridized carbons (Fsp3) is 0.600. The number of aliphatic hydroxyl groups is 1. The number of aromatic nitrogens is 2. The Kier molecular flexibility index (Phi) is 3.06. The lowest BCUT2D eigenvalue weighted by atomic mass is 9.82. The predicted octanol–water partition coefficient (Wildman–Crippen LogP) is 0.337. The van der Waals surface area contributed by atoms with E-state index in [2.05, 4.69) is 15.3 Å². The molecule has 0 aliphatic heterocycles. The first-order valence-electron chi connectivity index (χ1n) is 4.98. The van der Waals surface area contributed by atoms with Gasteiger partial charge in [0.2, 0.25) is 0 Å². The number of rotatable bonds is 4. The van der Waals surface area contributed by atoms with Crippen LogP contribution in [0.15, 0.2) is 18.6 Å². The van der Waals surface area contributed by atoms with E-state index < -0.39 is 0 Å². The first-order valence-corrected chi connectivity index (χ1v) is 4.98. The highest BCUT2D eigenvalue weighted by Crippen LogP contribution is 2.26. The van der Waals surface area contributed by atoms with Crippen molar-refractivity contribution >= 4 is 0 Å². The Bertz CT molecular complexity index is 272. The average molecular weight is 193 g/mol. The molecular weight excluding hydrogens is 178 g/mol. The molecule has 2 rings (SSSR count). The van der Waals surface area contributed by atoms with Crippen molar-refractivity contribution in [3.8, 4) is 0 Å². The molecule has 0 radical (unpaired) electrons. The lowest BCUT2D eigenvalue weighted by Crippen LogP contribution is -2.35. The van der Waals surface area contributed by atoms with Crippen LogP contribution in [0.4, 0.5) is 0 Å². The van der Waals surface area contributed by atoms with Crippen LogP contribution in [0.3, 0.4) is 0 Å². The van der Waals surface area contributed by atoms with Crippen molar-refractivity contribution in [2.45, 2.75) is 25.5 Å². The summed E-state index contributed by atoms with van der Waals surface area (Å²) < 4.78 is 0. The van der Waals surface area contributed by atoms with Gasteiger partial charge in [0.1, 0.15) is 6.33 Å². The minimum atomic E-state index is -0.0548. The summed E-state index contributed by atoms with van der Waals surface area (Å²) in [6.45, 7) is 1.76. The number of nitrogens with one attached hydrogen (secondary N) is 1. The van der Waals surface area contributed by atoms with Crippen LogP contribution in [0, 0.1) is 5.92 Å². The van der Waals surface area contributed by atoms with E-state index in [1.807, 2.05) is 6.07 Å². The highest BCUT2D eigenvalue weighted by molar-refractivity contribution is 4.97. The van der Waals surface area contributed by atoms with Crippen LogP contribution in [0.2, 0.25) is 0 Å². The topological polar surface area (TPSA) is 58.0 Å². The van der Waals surface area contributed by atoms with Crippen molar-refractivity contribution < 1.29 is 5.11 Å². The maximum Gasteiger partial charge on any atom is 0.115 e. The van der Waals surface area contributed by atoms with Gasteiger partial charge in [-0.3, -0.25) is 0 Å². The molecule has 0 saturated heterocycles. The van der Waals surface area contributed by atoms with Gasteiger partial charge >= 0.3 is 0 Å². The zero-order valence-corrected chi connectivity index (χ0v) is 8.06. The zero-order chi connectivity index (χ0) is 9.80. The molecule has 0 unspecified atom stereocenters. The summed E-state index contributed by atoms with van der Waals surface area (Å²) in [7, 11) is 0. The van der Waals surface area contributed by atoms with Crippen LogP contribution >= 0.6 is 0 Å². The molecular formula is C10H15N3O. The maximum absolute atomic E-state index is 9.09. The molecule has 1 aliphatic rings. The quantitative estimate of drug-likeness (QED) is 0.724. The van der Waals surface area contributed by atoms with Gasteiger partial charge in [0.15, 0.2) is 0 Å². The normalized spacial score (nSPS) is 25.8. The molecule has 0 bridgehead atoms. The molecule has 0 aromatic carbocycles. The third-order valence-electron chi connectivity index (χ3n) is 2.59. The monoisotopic (exact) mass is 193 g/mol. The lowest BCUT2D eigenvalue weighted by Gasteiger charge is -2.31. The zero-order valence-electron chi connectivity index (χ0n) is 8.06. The smallest absolute Gasteiger partial charge is 0.115 e. The first-order chi connectivity index (χ1) is 6.84. The highest BCUT2D eigenvalue weighted by Gasteiger charge is 2.26. The Morgan fingerprint density at radius 1 is 1.50 bits per heavy atom. The lowest BCUT2D eigenvalue weighted by molar-refractivity contribution is 0.0429. The third kappa shape index (κ3) is 2.49. The first kappa shape index (κ1) is 9.55. The van der Waals surface area contributed by atoms with Crippen LogP contribution in [-0.2, 0) is 6.54 Å². The molecule has 4 heteroatoms. The summed E-state index contributed by atoms with van der Waals surface area (Å²) in [6, 6.07) is 1.91. The van der Waals surface area contributed by atoms with Gasteiger partial charge in [-0.2, -0.15) is 0 Å². The Morgan fingerprint density at radius 2 is 2.36 bits per heavy atom. The van der Waals surface area contributed by atoms with E-state index in [0.717, 1.165) is 31.6 Å². The Hall–Kier alpha value is -1.00. The van der Waals surface area contributed by atoms with Crippen LogP contribution in [0.1, 0.15) is 18.5 Å². The molecule has 0 amide bonds. The van der Waals surface area contributed by atoms with E-state index in [4.69, 9.17) is 5.11 Å². The number of aliphatic hydroxyl groups excluding tert-OH is 1. The number of hydrogen-bond acceptors (Lipinski definition) is 4. The Morgan fingerprint density at radius 3 is 3.00 bits per heavy atom. The third-order valence-corrected chi connectivity index (χ3v) is 2.59. The predicted molar refractivity (Wildman–Crippen MR) is 52.5 cm³/mol. The van der Waals surface area contributed by atoms with Crippen LogP contribution in [-0.4, -0.2) is 27.7 Å². The van der Waals surface area contributed by atoms with Crippen LogP contribution < -0.4 is 5.32 Å². The second-order valence-electron chi connectivity index (χ2n) is 3.82. The molecule has 0 spiro atoms. The van der Waals surface area contributed by atoms with Gasteiger partial charge in [-0.25, -0.2) is 9.97 Å². The van der Waals surface area contributed by atoms with Gasteiger partial charge in [-0.1, -0.05) is 0 Å². The van der Waals surface area contributed by atoms with Gasteiger partial charge in [0.25, 0.3) is 0 Å². The Balaban J connectivity index is 1.64. The fourth-order valence-corrected chi connectivity index (χ4v) is 1.69. The molecule has 14 heavy (non-hydrogen) atoms. The van der Waals surface area contributed by atoms with Crippen LogP contribution in [0.5, 0.6) is 0 Å². The second-order valence-corrected chi connectivity index (χ2v) is 3.82. The molecule has 1 aromatic rings. The summed E-state index contributed by atoms with van der Waals surface area (Å²) in [5, 5.41) is 12.4. The number of nitrogens with zero attached hydrogens (tertiary/aromatic N) is 2. The molecule has 2 N–H and O–H groups in total. The van der Waals surface area contributed by atoms with Crippen molar-refractivity contribution in [3.05, 3.63) is 24.3 Å². The summed E-state index contributed by atoms with van der Waals surface area (Å²) in [5.41, 5.74) is 1.01. The standard InChI is InChI=1S/C10H15N3O/c14-10-3-8(4-10)5-12-6-9-1-2-11-7-13-9/h1-2,7-8,10,12,14H,3-6H2. The van der Waals surface area contributed by atoms with Gasteiger partial charge in [-0.15, -0.1) is 0 Å². The minimum absolute atomic E-state index is 0.0548. The van der Waals surface area contributed by atoms with E-state index in [1.54, 1.807) is 12.5 Å². The van der Waals surface area contributed by atoms with Crippen molar-refractivity contribution in [1.29, 1.82) is 0 Å². The van der Waals surface area contributed by atoms with E-state index in [-0.39, 0.29) is 6.10 Å². The van der Waals surface area contributed by atoms with Crippen molar-refractivity contribution in [2.75, 3.05) is 6.54 Å². The van der Waals surface area contributed by atoms with E-state index >= 15 is 0 Å². The SMILES string of the molecule is OC1CC(CNCc2ccncn2)C1. The molecule has 1 fully saturated rings. The Labute approximate surface area is 83.4 Å². The van der Waals surface area contributed by atoms with E-state index in [9.17, 15) is 0 Å². The molecule has 76 valence electrons. The van der Waals surface area contributed by atoms with Gasteiger partial charge in [0, 0.05) is 12.7 Å². The van der Waals surface area contributed by atoms with Gasteiger partial charge < -0.3 is 10.4 Å². The largest absolute Gasteiger partial charge is 0.393 e. The summed E-state index contributed by atoms with van der Waals surface area (Å²) in [4.78, 5) is 7.97. The maximum atomic E-state index is 9.09. The second kappa shape index (κ2) is 4.48. The molecule has 1 aliphatic carbocycles. The molecule has 1 heterocycles. The van der Waals surface area contributed by atoms with Gasteiger partial charge in [0.05, 0.1) is 11.8 Å². The molecule has 1 aromatic heterocycles. The average Bonchev–Trinajstić information content (AvgIpc) is 2.17. The molecule has 0 atom stereocenters. The van der Waals surface area contributed by atoms with Crippen molar-refractivity contribution in [2.24, 2.45) is 5.92 Å². The summed E-state index contributed by atoms with van der Waals surface area (Å²) in [6.07, 6.45) is 5.13. The van der Waals surface area contributed by atoms with E-state index in [1.165, 1.54) is 0 Å².